The Morgan fingerprint density at radius 1 is 0.974 bits per heavy atom. The number of nitrogens with zero attached hydrogens (tertiary/aromatic N) is 2. The molecular weight excluding hydrogens is 514 g/mol. The van der Waals surface area contributed by atoms with Gasteiger partial charge < -0.3 is 15.0 Å². The van der Waals surface area contributed by atoms with Crippen LogP contribution in [0.15, 0.2) is 77.7 Å². The second-order valence-corrected chi connectivity index (χ2v) is 11.3. The summed E-state index contributed by atoms with van der Waals surface area (Å²) in [6.07, 6.45) is 0.748. The van der Waals surface area contributed by atoms with Gasteiger partial charge in [-0.3, -0.25) is 13.9 Å². The van der Waals surface area contributed by atoms with Gasteiger partial charge in [0, 0.05) is 13.1 Å². The van der Waals surface area contributed by atoms with E-state index >= 15 is 0 Å². The van der Waals surface area contributed by atoms with Crippen LogP contribution in [0.5, 0.6) is 5.75 Å². The maximum absolute atomic E-state index is 14.0. The van der Waals surface area contributed by atoms with E-state index in [2.05, 4.69) is 5.32 Å². The van der Waals surface area contributed by atoms with E-state index < -0.39 is 28.5 Å². The van der Waals surface area contributed by atoms with Crippen LogP contribution in [0.3, 0.4) is 0 Å². The fourth-order valence-electron chi connectivity index (χ4n) is 4.17. The van der Waals surface area contributed by atoms with Crippen LogP contribution in [0.2, 0.25) is 0 Å². The summed E-state index contributed by atoms with van der Waals surface area (Å²) >= 11 is 0. The van der Waals surface area contributed by atoms with Crippen molar-refractivity contribution in [2.45, 2.75) is 51.6 Å². The quantitative estimate of drug-likeness (QED) is 0.359. The van der Waals surface area contributed by atoms with E-state index in [1.807, 2.05) is 39.0 Å². The monoisotopic (exact) mass is 551 g/mol. The number of benzene rings is 3. The first-order valence-corrected chi connectivity index (χ1v) is 14.4. The van der Waals surface area contributed by atoms with Crippen molar-refractivity contribution in [2.24, 2.45) is 0 Å². The first-order chi connectivity index (χ1) is 18.6. The zero-order valence-electron chi connectivity index (χ0n) is 23.2. The maximum Gasteiger partial charge on any atom is 0.264 e. The SMILES string of the molecule is CCCNC(=O)[C@H](C)N(Cc1cccc(OC)c1)C(=O)CN(c1cc(C)ccc1C)S(=O)(=O)c1ccccc1. The van der Waals surface area contributed by atoms with Crippen molar-refractivity contribution in [1.29, 1.82) is 0 Å². The summed E-state index contributed by atoms with van der Waals surface area (Å²) in [4.78, 5) is 28.5. The number of aryl methyl sites for hydroxylation is 2. The molecule has 0 radical (unpaired) electrons. The molecule has 39 heavy (non-hydrogen) atoms. The van der Waals surface area contributed by atoms with E-state index in [4.69, 9.17) is 4.74 Å². The Kier molecular flexibility index (Phi) is 10.1. The Bertz CT molecular complexity index is 1390. The molecule has 3 aromatic rings. The number of carbonyl (C=O) groups excluding carboxylic acids is 2. The van der Waals surface area contributed by atoms with Crippen LogP contribution in [0, 0.1) is 13.8 Å². The topological polar surface area (TPSA) is 96.0 Å². The van der Waals surface area contributed by atoms with E-state index in [1.54, 1.807) is 56.5 Å². The summed E-state index contributed by atoms with van der Waals surface area (Å²) in [5, 5.41) is 2.84. The lowest BCUT2D eigenvalue weighted by atomic mass is 10.1. The highest BCUT2D eigenvalue weighted by atomic mass is 32.2. The number of sulfonamides is 1. The largest absolute Gasteiger partial charge is 0.497 e. The molecule has 0 unspecified atom stereocenters. The molecule has 8 nitrogen and oxygen atoms in total. The zero-order valence-corrected chi connectivity index (χ0v) is 24.0. The smallest absolute Gasteiger partial charge is 0.264 e. The highest BCUT2D eigenvalue weighted by molar-refractivity contribution is 7.92. The van der Waals surface area contributed by atoms with Crippen LogP contribution in [0.4, 0.5) is 5.69 Å². The number of nitrogens with one attached hydrogen (secondary N) is 1. The van der Waals surface area contributed by atoms with Crippen LogP contribution >= 0.6 is 0 Å². The Morgan fingerprint density at radius 3 is 2.36 bits per heavy atom. The van der Waals surface area contributed by atoms with Crippen LogP contribution in [-0.4, -0.2) is 51.4 Å². The fourth-order valence-corrected chi connectivity index (χ4v) is 5.66. The molecule has 0 bridgehead atoms. The van der Waals surface area contributed by atoms with Gasteiger partial charge in [-0.25, -0.2) is 8.42 Å². The molecule has 0 aliphatic heterocycles. The third-order valence-electron chi connectivity index (χ3n) is 6.45. The molecule has 0 spiro atoms. The molecule has 0 aliphatic carbocycles. The van der Waals surface area contributed by atoms with Crippen LogP contribution in [0.1, 0.15) is 37.0 Å². The molecule has 0 saturated heterocycles. The minimum absolute atomic E-state index is 0.0757. The van der Waals surface area contributed by atoms with E-state index in [9.17, 15) is 18.0 Å². The van der Waals surface area contributed by atoms with Crippen LogP contribution in [-0.2, 0) is 26.2 Å². The second kappa shape index (κ2) is 13.3. The number of ether oxygens (including phenoxy) is 1. The van der Waals surface area contributed by atoms with Gasteiger partial charge in [0.05, 0.1) is 17.7 Å². The first-order valence-electron chi connectivity index (χ1n) is 12.9. The highest BCUT2D eigenvalue weighted by Gasteiger charge is 2.33. The average molecular weight is 552 g/mol. The van der Waals surface area contributed by atoms with Crippen LogP contribution < -0.4 is 14.4 Å². The minimum atomic E-state index is -4.10. The molecule has 3 rings (SSSR count). The number of hydrogen-bond acceptors (Lipinski definition) is 5. The Labute approximate surface area is 231 Å². The molecule has 0 aliphatic rings. The molecule has 1 N–H and O–H groups in total. The van der Waals surface area contributed by atoms with Gasteiger partial charge in [-0.05, 0) is 74.2 Å². The number of amides is 2. The lowest BCUT2D eigenvalue weighted by Crippen LogP contribution is -2.51. The molecule has 0 aromatic heterocycles. The van der Waals surface area contributed by atoms with Gasteiger partial charge in [0.15, 0.2) is 0 Å². The number of carbonyl (C=O) groups is 2. The fraction of sp³-hybridized carbons (Fsp3) is 0.333. The molecule has 208 valence electrons. The summed E-state index contributed by atoms with van der Waals surface area (Å²) in [6.45, 7) is 7.37. The molecule has 0 saturated carbocycles. The molecule has 1 atom stereocenters. The Hall–Kier alpha value is -3.85. The van der Waals surface area contributed by atoms with Crippen molar-refractivity contribution < 1.29 is 22.7 Å². The number of rotatable bonds is 12. The molecule has 0 heterocycles. The Balaban J connectivity index is 2.05. The van der Waals surface area contributed by atoms with Gasteiger partial charge in [-0.15, -0.1) is 0 Å². The third-order valence-corrected chi connectivity index (χ3v) is 8.22. The highest BCUT2D eigenvalue weighted by Crippen LogP contribution is 2.28. The van der Waals surface area contributed by atoms with E-state index in [0.29, 0.717) is 23.5 Å². The summed E-state index contributed by atoms with van der Waals surface area (Å²) in [5.74, 6) is -0.193. The lowest BCUT2D eigenvalue weighted by Gasteiger charge is -2.32. The van der Waals surface area contributed by atoms with Gasteiger partial charge >= 0.3 is 0 Å². The van der Waals surface area contributed by atoms with Crippen molar-refractivity contribution in [3.63, 3.8) is 0 Å². The molecule has 2 amide bonds. The van der Waals surface area contributed by atoms with Gasteiger partial charge in [0.25, 0.3) is 10.0 Å². The van der Waals surface area contributed by atoms with Crippen molar-refractivity contribution >= 4 is 27.5 Å². The normalized spacial score (nSPS) is 11.9. The summed E-state index contributed by atoms with van der Waals surface area (Å²) in [6, 6.07) is 19.9. The van der Waals surface area contributed by atoms with Gasteiger partial charge in [0.1, 0.15) is 18.3 Å². The molecular formula is C30H37N3O5S. The number of methoxy groups -OCH3 is 1. The predicted molar refractivity (Wildman–Crippen MR) is 153 cm³/mol. The summed E-state index contributed by atoms with van der Waals surface area (Å²) < 4.78 is 34.3. The van der Waals surface area contributed by atoms with E-state index in [0.717, 1.165) is 21.9 Å². The first kappa shape index (κ1) is 29.7. The van der Waals surface area contributed by atoms with Crippen molar-refractivity contribution in [2.75, 3.05) is 24.5 Å². The van der Waals surface area contributed by atoms with Gasteiger partial charge in [0.2, 0.25) is 11.8 Å². The van der Waals surface area contributed by atoms with E-state index in [1.165, 1.54) is 17.0 Å². The molecule has 0 fully saturated rings. The standard InChI is InChI=1S/C30H37N3O5S/c1-6-17-31-30(35)24(4)32(20-25-11-10-12-26(19-25)38-5)29(34)21-33(28-18-22(2)15-16-23(28)3)39(36,37)27-13-8-7-9-14-27/h7-16,18-19,24H,6,17,20-21H2,1-5H3,(H,31,35)/t24-/m0/s1. The number of anilines is 1. The zero-order chi connectivity index (χ0) is 28.6. The summed E-state index contributed by atoms with van der Waals surface area (Å²) in [5.41, 5.74) is 2.73. The van der Waals surface area contributed by atoms with E-state index in [-0.39, 0.29) is 17.3 Å². The maximum atomic E-state index is 14.0. The van der Waals surface area contributed by atoms with Gasteiger partial charge in [-0.2, -0.15) is 0 Å². The third kappa shape index (κ3) is 7.38. The van der Waals surface area contributed by atoms with Crippen molar-refractivity contribution in [3.05, 3.63) is 89.5 Å². The number of hydrogen-bond donors (Lipinski definition) is 1. The van der Waals surface area contributed by atoms with Crippen molar-refractivity contribution in [1.82, 2.24) is 10.2 Å². The second-order valence-electron chi connectivity index (χ2n) is 9.45. The predicted octanol–water partition coefficient (Wildman–Crippen LogP) is 4.45. The van der Waals surface area contributed by atoms with Crippen LogP contribution in [0.25, 0.3) is 0 Å². The molecule has 9 heteroatoms. The minimum Gasteiger partial charge on any atom is -0.497 e. The average Bonchev–Trinajstić information content (AvgIpc) is 2.94. The summed E-state index contributed by atoms with van der Waals surface area (Å²) in [7, 11) is -2.55. The van der Waals surface area contributed by atoms with Gasteiger partial charge in [-0.1, -0.05) is 49.4 Å². The lowest BCUT2D eigenvalue weighted by molar-refractivity contribution is -0.139. The Morgan fingerprint density at radius 2 is 1.69 bits per heavy atom. The van der Waals surface area contributed by atoms with Crippen molar-refractivity contribution in [3.8, 4) is 5.75 Å². The molecule has 3 aromatic carbocycles.